The lowest BCUT2D eigenvalue weighted by Crippen LogP contribution is -2.63. The van der Waals surface area contributed by atoms with Crippen molar-refractivity contribution in [2.75, 3.05) is 23.9 Å². The van der Waals surface area contributed by atoms with E-state index in [1.165, 1.54) is 18.2 Å². The molecule has 180 valence electrons. The molecule has 3 atom stereocenters. The number of anilines is 1. The fourth-order valence-corrected chi connectivity index (χ4v) is 8.46. The second-order valence-corrected chi connectivity index (χ2v) is 12.0. The number of aliphatic hydroxyl groups excluding tert-OH is 1. The molecule has 33 heavy (non-hydrogen) atoms. The lowest BCUT2D eigenvalue weighted by atomic mass is 9.47. The van der Waals surface area contributed by atoms with Crippen molar-refractivity contribution in [3.05, 3.63) is 30.1 Å². The van der Waals surface area contributed by atoms with E-state index in [0.717, 1.165) is 33.9 Å². The molecule has 5 aliphatic rings. The van der Waals surface area contributed by atoms with Crippen LogP contribution in [0.2, 0.25) is 0 Å². The Morgan fingerprint density at radius 2 is 1.82 bits per heavy atom. The summed E-state index contributed by atoms with van der Waals surface area (Å²) in [5, 5.41) is 13.3. The number of hydrogen-bond acceptors (Lipinski definition) is 5. The van der Waals surface area contributed by atoms with Gasteiger partial charge in [-0.3, -0.25) is 13.9 Å². The quantitative estimate of drug-likeness (QED) is 0.559. The lowest BCUT2D eigenvalue weighted by molar-refractivity contribution is -0.147. The highest BCUT2D eigenvalue weighted by atomic mass is 32.2. The number of rotatable bonds is 5. The van der Waals surface area contributed by atoms with Gasteiger partial charge in [0, 0.05) is 18.0 Å². The van der Waals surface area contributed by atoms with Crippen LogP contribution in [0.1, 0.15) is 32.1 Å². The molecular formula is C22H29FN4O5S. The normalized spacial score (nSPS) is 37.2. The average molecular weight is 481 g/mol. The van der Waals surface area contributed by atoms with Gasteiger partial charge in [0.15, 0.2) is 0 Å². The van der Waals surface area contributed by atoms with Crippen LogP contribution in [0, 0.1) is 29.0 Å². The minimum atomic E-state index is -4.21. The van der Waals surface area contributed by atoms with Crippen molar-refractivity contribution in [3.63, 3.8) is 0 Å². The highest BCUT2D eigenvalue weighted by Crippen LogP contribution is 2.59. The third kappa shape index (κ3) is 3.79. The SMILES string of the molecule is NC(=O)C12CC3CC(C1)C(NC(=O)CN1CC(O)CN(c4ccccc4F)S1(=O)=O)C(C3)C2. The number of amides is 2. The van der Waals surface area contributed by atoms with E-state index in [1.807, 2.05) is 0 Å². The van der Waals surface area contributed by atoms with Crippen LogP contribution in [0.25, 0.3) is 0 Å². The van der Waals surface area contributed by atoms with Gasteiger partial charge in [0.05, 0.1) is 24.9 Å². The molecule has 9 nitrogen and oxygen atoms in total. The first-order chi connectivity index (χ1) is 15.6. The van der Waals surface area contributed by atoms with E-state index in [1.54, 1.807) is 0 Å². The van der Waals surface area contributed by atoms with E-state index in [4.69, 9.17) is 5.73 Å². The Balaban J connectivity index is 1.30. The van der Waals surface area contributed by atoms with Gasteiger partial charge >= 0.3 is 10.2 Å². The number of carbonyl (C=O) groups is 2. The topological polar surface area (TPSA) is 133 Å². The van der Waals surface area contributed by atoms with Crippen molar-refractivity contribution >= 4 is 27.7 Å². The number of halogens is 1. The number of para-hydroxylation sites is 1. The van der Waals surface area contributed by atoms with Gasteiger partial charge in [-0.1, -0.05) is 12.1 Å². The Labute approximate surface area is 192 Å². The Bertz CT molecular complexity index is 1070. The van der Waals surface area contributed by atoms with Crippen molar-refractivity contribution in [1.82, 2.24) is 9.62 Å². The summed E-state index contributed by atoms with van der Waals surface area (Å²) in [4.78, 5) is 25.1. The number of primary amides is 1. The zero-order valence-corrected chi connectivity index (χ0v) is 19.0. The molecule has 4 aliphatic carbocycles. The molecule has 0 spiro atoms. The second kappa shape index (κ2) is 7.92. The molecule has 1 aromatic rings. The zero-order chi connectivity index (χ0) is 23.5. The van der Waals surface area contributed by atoms with Gasteiger partial charge in [0.1, 0.15) is 5.82 Å². The van der Waals surface area contributed by atoms with E-state index in [0.29, 0.717) is 18.8 Å². The smallest absolute Gasteiger partial charge is 0.304 e. The molecule has 3 unspecified atom stereocenters. The maximum Gasteiger partial charge on any atom is 0.304 e. The van der Waals surface area contributed by atoms with E-state index < -0.39 is 40.0 Å². The van der Waals surface area contributed by atoms with E-state index in [-0.39, 0.29) is 42.6 Å². The fraction of sp³-hybridized carbons (Fsp3) is 0.636. The van der Waals surface area contributed by atoms with Gasteiger partial charge in [-0.05, 0) is 62.0 Å². The third-order valence-electron chi connectivity index (χ3n) is 7.96. The van der Waals surface area contributed by atoms with Gasteiger partial charge in [-0.15, -0.1) is 0 Å². The van der Waals surface area contributed by atoms with Gasteiger partial charge in [0.25, 0.3) is 0 Å². The third-order valence-corrected chi connectivity index (χ3v) is 9.79. The number of nitrogens with two attached hydrogens (primary N) is 1. The number of aliphatic hydroxyl groups is 1. The van der Waals surface area contributed by atoms with Crippen molar-refractivity contribution in [3.8, 4) is 0 Å². The molecule has 1 saturated heterocycles. The van der Waals surface area contributed by atoms with Gasteiger partial charge in [0.2, 0.25) is 11.8 Å². The monoisotopic (exact) mass is 480 g/mol. The van der Waals surface area contributed by atoms with Crippen molar-refractivity contribution < 1.29 is 27.5 Å². The van der Waals surface area contributed by atoms with Crippen LogP contribution >= 0.6 is 0 Å². The average Bonchev–Trinajstić information content (AvgIpc) is 2.73. The molecule has 0 radical (unpaired) electrons. The van der Waals surface area contributed by atoms with Crippen LogP contribution in [0.5, 0.6) is 0 Å². The number of hydrogen-bond donors (Lipinski definition) is 3. The molecule has 4 bridgehead atoms. The standard InChI is InChI=1S/C22H29FN4O5S/c23-17-3-1-2-4-18(17)27-11-16(28)10-26(33(27,31)32)12-19(29)25-20-14-5-13-6-15(20)9-22(7-13,8-14)21(24)30/h1-4,13-16,20,28H,5-12H2,(H2,24,30)(H,25,29). The largest absolute Gasteiger partial charge is 0.390 e. The Morgan fingerprint density at radius 1 is 1.15 bits per heavy atom. The van der Waals surface area contributed by atoms with Gasteiger partial charge in [-0.25, -0.2) is 4.39 Å². The first kappa shape index (κ1) is 22.5. The highest BCUT2D eigenvalue weighted by molar-refractivity contribution is 7.90. The number of nitrogens with one attached hydrogen (secondary N) is 1. The summed E-state index contributed by atoms with van der Waals surface area (Å²) in [6, 6.07) is 5.31. The summed E-state index contributed by atoms with van der Waals surface area (Å²) in [5.41, 5.74) is 5.08. The van der Waals surface area contributed by atoms with Crippen LogP contribution in [0.4, 0.5) is 10.1 Å². The summed E-state index contributed by atoms with van der Waals surface area (Å²) in [6.07, 6.45) is 2.92. The maximum absolute atomic E-state index is 14.3. The minimum absolute atomic E-state index is 0.124. The molecule has 1 aliphatic heterocycles. The molecule has 5 fully saturated rings. The Kier molecular flexibility index (Phi) is 5.41. The van der Waals surface area contributed by atoms with Crippen LogP contribution < -0.4 is 15.4 Å². The number of β-amino-alcohol motifs (C(OH)–C–C–N with tert-alkyl or cyclic N) is 1. The minimum Gasteiger partial charge on any atom is -0.390 e. The predicted molar refractivity (Wildman–Crippen MR) is 117 cm³/mol. The molecule has 6 rings (SSSR count). The van der Waals surface area contributed by atoms with Crippen LogP contribution in [0.15, 0.2) is 24.3 Å². The Hall–Kier alpha value is -2.24. The Morgan fingerprint density at radius 3 is 2.45 bits per heavy atom. The molecule has 2 amide bonds. The maximum atomic E-state index is 14.3. The van der Waals surface area contributed by atoms with E-state index >= 15 is 0 Å². The second-order valence-electron chi connectivity index (χ2n) is 10.1. The van der Waals surface area contributed by atoms with Crippen LogP contribution in [-0.4, -0.2) is 61.4 Å². The highest BCUT2D eigenvalue weighted by Gasteiger charge is 2.58. The summed E-state index contributed by atoms with van der Waals surface area (Å²) in [7, 11) is -4.21. The summed E-state index contributed by atoms with van der Waals surface area (Å²) in [5.74, 6) is -0.718. The number of carbonyl (C=O) groups excluding carboxylic acids is 2. The van der Waals surface area contributed by atoms with E-state index in [9.17, 15) is 27.5 Å². The predicted octanol–water partition coefficient (Wildman–Crippen LogP) is 0.350. The van der Waals surface area contributed by atoms with E-state index in [2.05, 4.69) is 5.32 Å². The zero-order valence-electron chi connectivity index (χ0n) is 18.2. The number of benzene rings is 1. The van der Waals surface area contributed by atoms with Crippen molar-refractivity contribution in [1.29, 1.82) is 0 Å². The molecule has 4 saturated carbocycles. The summed E-state index contributed by atoms with van der Waals surface area (Å²) < 4.78 is 42.3. The first-order valence-corrected chi connectivity index (χ1v) is 12.8. The number of nitrogens with zero attached hydrogens (tertiary/aromatic N) is 2. The van der Waals surface area contributed by atoms with Gasteiger partial charge < -0.3 is 16.2 Å². The van der Waals surface area contributed by atoms with Crippen molar-refractivity contribution in [2.45, 2.75) is 44.2 Å². The molecule has 1 heterocycles. The van der Waals surface area contributed by atoms with Crippen LogP contribution in [0.3, 0.4) is 0 Å². The lowest BCUT2D eigenvalue weighted by Gasteiger charge is -2.58. The summed E-state index contributed by atoms with van der Waals surface area (Å²) >= 11 is 0. The summed E-state index contributed by atoms with van der Waals surface area (Å²) in [6.45, 7) is -0.999. The molecular weight excluding hydrogens is 451 g/mol. The molecule has 11 heteroatoms. The van der Waals surface area contributed by atoms with Crippen LogP contribution in [-0.2, 0) is 19.8 Å². The molecule has 0 aromatic heterocycles. The molecule has 4 N–H and O–H groups in total. The van der Waals surface area contributed by atoms with Crippen molar-refractivity contribution in [2.24, 2.45) is 28.9 Å². The fourth-order valence-electron chi connectivity index (χ4n) is 6.79. The van der Waals surface area contributed by atoms with Gasteiger partial charge in [-0.2, -0.15) is 12.7 Å². The first-order valence-electron chi connectivity index (χ1n) is 11.4. The molecule has 1 aromatic carbocycles.